The van der Waals surface area contributed by atoms with Crippen molar-refractivity contribution in [1.29, 1.82) is 0 Å². The van der Waals surface area contributed by atoms with E-state index in [2.05, 4.69) is 9.73 Å². The van der Waals surface area contributed by atoms with Crippen LogP contribution in [-0.4, -0.2) is 29.8 Å². The van der Waals surface area contributed by atoms with Gasteiger partial charge >= 0.3 is 12.5 Å². The second-order valence-electron chi connectivity index (χ2n) is 5.92. The van der Waals surface area contributed by atoms with Crippen LogP contribution in [0.2, 0.25) is 0 Å². The number of ether oxygens (including phenoxy) is 1. The molecule has 0 aromatic heterocycles. The molecule has 0 unspecified atom stereocenters. The highest BCUT2D eigenvalue weighted by Crippen LogP contribution is 2.31. The highest BCUT2D eigenvalue weighted by atomic mass is 19.3. The Bertz CT molecular complexity index is 905. The number of fused-ring (bicyclic) bond motifs is 1. The summed E-state index contributed by atoms with van der Waals surface area (Å²) in [5.41, 5.74) is 0.858. The van der Waals surface area contributed by atoms with Crippen LogP contribution in [0, 0.1) is 5.92 Å². The number of alkyl halides is 4. The van der Waals surface area contributed by atoms with Crippen molar-refractivity contribution in [2.75, 3.05) is 0 Å². The van der Waals surface area contributed by atoms with Crippen LogP contribution in [0.3, 0.4) is 0 Å². The zero-order valence-corrected chi connectivity index (χ0v) is 14.0. The third-order valence-electron chi connectivity index (χ3n) is 4.03. The quantitative estimate of drug-likeness (QED) is 0.429. The molecule has 0 saturated heterocycles. The number of carbonyl (C=O) groups excluding carboxylic acids is 2. The Morgan fingerprint density at radius 2 is 1.63 bits per heavy atom. The lowest BCUT2D eigenvalue weighted by Crippen LogP contribution is -2.33. The Morgan fingerprint density at radius 1 is 1.04 bits per heavy atom. The minimum Gasteiger partial charge on any atom is -0.428 e. The zero-order chi connectivity index (χ0) is 19.8. The van der Waals surface area contributed by atoms with E-state index in [1.165, 1.54) is 19.1 Å². The van der Waals surface area contributed by atoms with Gasteiger partial charge in [0.1, 0.15) is 11.7 Å². The van der Waals surface area contributed by atoms with E-state index in [0.29, 0.717) is 11.1 Å². The first-order valence-corrected chi connectivity index (χ1v) is 7.88. The molecular formula is C19H13F4NO3. The van der Waals surface area contributed by atoms with Crippen molar-refractivity contribution >= 4 is 23.0 Å². The molecule has 2 aromatic carbocycles. The molecule has 2 aromatic rings. The molecule has 0 spiro atoms. The Hall–Kier alpha value is -3.03. The number of hydrogen-bond acceptors (Lipinski definition) is 4. The van der Waals surface area contributed by atoms with Crippen LogP contribution in [0.5, 0.6) is 5.75 Å². The number of ketones is 2. The second kappa shape index (κ2) is 6.94. The number of Topliss-reactive ketones (excluding diaryl/α,β-unsaturated/α-hetero) is 2. The van der Waals surface area contributed by atoms with Crippen molar-refractivity contribution in [2.24, 2.45) is 10.9 Å². The molecule has 0 radical (unpaired) electrons. The number of nitrogens with zero attached hydrogens (tertiary/aromatic N) is 1. The van der Waals surface area contributed by atoms with E-state index in [0.717, 1.165) is 12.1 Å². The minimum atomic E-state index is -4.64. The van der Waals surface area contributed by atoms with E-state index in [1.54, 1.807) is 24.3 Å². The lowest BCUT2D eigenvalue weighted by molar-refractivity contribution is -0.253. The van der Waals surface area contributed by atoms with Crippen LogP contribution in [0.4, 0.5) is 23.2 Å². The fourth-order valence-electron chi connectivity index (χ4n) is 2.81. The highest BCUT2D eigenvalue weighted by molar-refractivity contribution is 6.36. The SMILES string of the molecule is CC(=Nc1cccc(OC(F)(F)C(F)F)c1)C1C(=O)c2ccccc2C1=O. The third kappa shape index (κ3) is 3.60. The molecule has 0 saturated carbocycles. The van der Waals surface area contributed by atoms with Gasteiger partial charge in [0.2, 0.25) is 0 Å². The summed E-state index contributed by atoms with van der Waals surface area (Å²) >= 11 is 0. The highest BCUT2D eigenvalue weighted by Gasteiger charge is 2.44. The summed E-state index contributed by atoms with van der Waals surface area (Å²) in [5.74, 6) is -2.40. The van der Waals surface area contributed by atoms with Gasteiger partial charge in [-0.25, -0.2) is 0 Å². The normalized spacial score (nSPS) is 15.4. The molecule has 1 aliphatic carbocycles. The predicted octanol–water partition coefficient (Wildman–Crippen LogP) is 4.71. The molecule has 0 atom stereocenters. The lowest BCUT2D eigenvalue weighted by Gasteiger charge is -2.16. The second-order valence-corrected chi connectivity index (χ2v) is 5.92. The van der Waals surface area contributed by atoms with Gasteiger partial charge in [0.25, 0.3) is 0 Å². The molecule has 0 fully saturated rings. The number of aliphatic imine (C=N–C) groups is 1. The summed E-state index contributed by atoms with van der Waals surface area (Å²) in [4.78, 5) is 29.0. The van der Waals surface area contributed by atoms with E-state index in [-0.39, 0.29) is 11.4 Å². The maximum Gasteiger partial charge on any atom is 0.461 e. The largest absolute Gasteiger partial charge is 0.461 e. The summed E-state index contributed by atoms with van der Waals surface area (Å²) in [6.07, 6.45) is -8.63. The van der Waals surface area contributed by atoms with Crippen molar-refractivity contribution < 1.29 is 31.9 Å². The zero-order valence-electron chi connectivity index (χ0n) is 14.0. The van der Waals surface area contributed by atoms with Crippen LogP contribution < -0.4 is 4.74 Å². The van der Waals surface area contributed by atoms with Crippen LogP contribution in [0.15, 0.2) is 53.5 Å². The van der Waals surface area contributed by atoms with E-state index < -0.39 is 35.8 Å². The Labute approximate surface area is 151 Å². The average Bonchev–Trinajstić information content (AvgIpc) is 2.86. The summed E-state index contributed by atoms with van der Waals surface area (Å²) in [5, 5.41) is 0. The van der Waals surface area contributed by atoms with Crippen molar-refractivity contribution in [3.05, 3.63) is 59.7 Å². The molecule has 4 nitrogen and oxygen atoms in total. The van der Waals surface area contributed by atoms with Gasteiger partial charge in [-0.2, -0.15) is 17.6 Å². The lowest BCUT2D eigenvalue weighted by atomic mass is 9.99. The van der Waals surface area contributed by atoms with Crippen molar-refractivity contribution in [1.82, 2.24) is 0 Å². The van der Waals surface area contributed by atoms with Gasteiger partial charge < -0.3 is 4.74 Å². The molecule has 3 rings (SSSR count). The maximum absolute atomic E-state index is 13.0. The molecule has 0 heterocycles. The van der Waals surface area contributed by atoms with Crippen LogP contribution in [0.1, 0.15) is 27.6 Å². The van der Waals surface area contributed by atoms with Gasteiger partial charge in [-0.15, -0.1) is 0 Å². The third-order valence-corrected chi connectivity index (χ3v) is 4.03. The number of halogens is 4. The minimum absolute atomic E-state index is 0.0895. The fourth-order valence-corrected chi connectivity index (χ4v) is 2.81. The van der Waals surface area contributed by atoms with Gasteiger partial charge in [-0.05, 0) is 19.1 Å². The monoisotopic (exact) mass is 379 g/mol. The summed E-state index contributed by atoms with van der Waals surface area (Å²) in [6, 6.07) is 11.2. The molecule has 0 N–H and O–H groups in total. The van der Waals surface area contributed by atoms with Crippen molar-refractivity contribution in [3.63, 3.8) is 0 Å². The van der Waals surface area contributed by atoms with Gasteiger partial charge in [-0.1, -0.05) is 30.3 Å². The first-order valence-electron chi connectivity index (χ1n) is 7.88. The molecule has 1 aliphatic rings. The molecular weight excluding hydrogens is 366 g/mol. The Balaban J connectivity index is 1.87. The number of rotatable bonds is 5. The van der Waals surface area contributed by atoms with Crippen LogP contribution in [-0.2, 0) is 0 Å². The predicted molar refractivity (Wildman–Crippen MR) is 89.4 cm³/mol. The smallest absolute Gasteiger partial charge is 0.428 e. The number of carbonyl (C=O) groups is 2. The number of hydrogen-bond donors (Lipinski definition) is 0. The van der Waals surface area contributed by atoms with Gasteiger partial charge in [0.05, 0.1) is 5.69 Å². The topological polar surface area (TPSA) is 55.7 Å². The molecule has 140 valence electrons. The molecule has 8 heteroatoms. The van der Waals surface area contributed by atoms with E-state index in [4.69, 9.17) is 0 Å². The first kappa shape index (κ1) is 18.8. The van der Waals surface area contributed by atoms with E-state index >= 15 is 0 Å². The molecule has 0 amide bonds. The first-order chi connectivity index (χ1) is 12.7. The Morgan fingerprint density at radius 3 is 2.19 bits per heavy atom. The molecule has 0 bridgehead atoms. The van der Waals surface area contributed by atoms with E-state index in [1.807, 2.05) is 0 Å². The van der Waals surface area contributed by atoms with Gasteiger partial charge in [0.15, 0.2) is 11.6 Å². The van der Waals surface area contributed by atoms with Gasteiger partial charge in [-0.3, -0.25) is 14.6 Å². The maximum atomic E-state index is 13.0. The average molecular weight is 379 g/mol. The van der Waals surface area contributed by atoms with Crippen molar-refractivity contribution in [3.8, 4) is 5.75 Å². The molecule has 0 aliphatic heterocycles. The summed E-state index contributed by atoms with van der Waals surface area (Å²) in [7, 11) is 0. The van der Waals surface area contributed by atoms with Crippen LogP contribution in [0.25, 0.3) is 0 Å². The fraction of sp³-hybridized carbons (Fsp3) is 0.211. The van der Waals surface area contributed by atoms with Crippen molar-refractivity contribution in [2.45, 2.75) is 19.5 Å². The summed E-state index contributed by atoms with van der Waals surface area (Å²) < 4.78 is 54.6. The van der Waals surface area contributed by atoms with Gasteiger partial charge in [0, 0.05) is 22.9 Å². The Kier molecular flexibility index (Phi) is 4.82. The summed E-state index contributed by atoms with van der Waals surface area (Å²) in [6.45, 7) is 1.47. The standard InChI is InChI=1S/C19H13F4NO3/c1-10(15-16(25)13-7-2-3-8-14(13)17(15)26)24-11-5-4-6-12(9-11)27-19(22,23)18(20)21/h2-9,15,18H,1H3. The molecule has 27 heavy (non-hydrogen) atoms. The number of benzene rings is 2. The van der Waals surface area contributed by atoms with E-state index in [9.17, 15) is 27.2 Å². The van der Waals surface area contributed by atoms with Crippen LogP contribution >= 0.6 is 0 Å².